The number of rotatable bonds is 8. The average molecular weight is 367 g/mol. The Bertz CT molecular complexity index is 789. The minimum atomic E-state index is -0.878. The highest BCUT2D eigenvalue weighted by atomic mass is 16.5. The van der Waals surface area contributed by atoms with E-state index in [1.54, 1.807) is 24.3 Å². The highest BCUT2D eigenvalue weighted by molar-refractivity contribution is 6.35. The standard InChI is InChI=1S/C20H21N3O4/c1-2-12-21-19(25)20(26)22-13-18(24)23-16-8-10-17(11-9-16)27-14-15-6-4-3-5-7-15/h2-11H,1,12-14H2,(H,21,25)(H,22,26)(H,23,24). The van der Waals surface area contributed by atoms with Crippen LogP contribution in [-0.2, 0) is 21.0 Å². The molecule has 2 aromatic carbocycles. The minimum Gasteiger partial charge on any atom is -0.489 e. The highest BCUT2D eigenvalue weighted by Crippen LogP contribution is 2.17. The van der Waals surface area contributed by atoms with Gasteiger partial charge < -0.3 is 20.7 Å². The van der Waals surface area contributed by atoms with Gasteiger partial charge in [-0.3, -0.25) is 14.4 Å². The van der Waals surface area contributed by atoms with Gasteiger partial charge in [-0.1, -0.05) is 36.4 Å². The van der Waals surface area contributed by atoms with Crippen LogP contribution in [0.5, 0.6) is 5.75 Å². The van der Waals surface area contributed by atoms with E-state index >= 15 is 0 Å². The zero-order valence-corrected chi connectivity index (χ0v) is 14.7. The summed E-state index contributed by atoms with van der Waals surface area (Å²) in [7, 11) is 0. The number of nitrogens with one attached hydrogen (secondary N) is 3. The number of hydrogen-bond acceptors (Lipinski definition) is 4. The maximum atomic E-state index is 11.8. The van der Waals surface area contributed by atoms with E-state index in [1.807, 2.05) is 30.3 Å². The van der Waals surface area contributed by atoms with Crippen molar-refractivity contribution < 1.29 is 19.1 Å². The first-order valence-corrected chi connectivity index (χ1v) is 8.32. The molecule has 2 rings (SSSR count). The van der Waals surface area contributed by atoms with Crippen LogP contribution in [0.1, 0.15) is 5.56 Å². The summed E-state index contributed by atoms with van der Waals surface area (Å²) in [5, 5.41) is 7.18. The molecule has 0 saturated heterocycles. The summed E-state index contributed by atoms with van der Waals surface area (Å²) in [4.78, 5) is 34.7. The van der Waals surface area contributed by atoms with Gasteiger partial charge in [0.1, 0.15) is 12.4 Å². The smallest absolute Gasteiger partial charge is 0.309 e. The maximum Gasteiger partial charge on any atom is 0.309 e. The number of hydrogen-bond donors (Lipinski definition) is 3. The summed E-state index contributed by atoms with van der Waals surface area (Å²) in [5.74, 6) is -1.47. The summed E-state index contributed by atoms with van der Waals surface area (Å²) in [6.45, 7) is 3.74. The lowest BCUT2D eigenvalue weighted by molar-refractivity contribution is -0.139. The third kappa shape index (κ3) is 7.03. The molecule has 0 fully saturated rings. The lowest BCUT2D eigenvalue weighted by Gasteiger charge is -2.09. The van der Waals surface area contributed by atoms with Crippen molar-refractivity contribution in [1.29, 1.82) is 0 Å². The fraction of sp³-hybridized carbons (Fsp3) is 0.150. The summed E-state index contributed by atoms with van der Waals surface area (Å²) in [6, 6.07) is 16.6. The molecule has 27 heavy (non-hydrogen) atoms. The van der Waals surface area contributed by atoms with Gasteiger partial charge in [-0.25, -0.2) is 0 Å². The third-order valence-electron chi connectivity index (χ3n) is 3.41. The fourth-order valence-electron chi connectivity index (χ4n) is 2.07. The van der Waals surface area contributed by atoms with E-state index in [0.717, 1.165) is 5.56 Å². The van der Waals surface area contributed by atoms with E-state index in [4.69, 9.17) is 4.74 Å². The van der Waals surface area contributed by atoms with Crippen molar-refractivity contribution in [3.8, 4) is 5.75 Å². The molecule has 0 heterocycles. The summed E-state index contributed by atoms with van der Waals surface area (Å²) >= 11 is 0. The van der Waals surface area contributed by atoms with Crippen LogP contribution in [-0.4, -0.2) is 30.8 Å². The van der Waals surface area contributed by atoms with Crippen LogP contribution in [0.4, 0.5) is 5.69 Å². The van der Waals surface area contributed by atoms with Crippen LogP contribution < -0.4 is 20.7 Å². The number of carbonyl (C=O) groups is 3. The van der Waals surface area contributed by atoms with E-state index < -0.39 is 17.7 Å². The van der Waals surface area contributed by atoms with Gasteiger partial charge in [0.2, 0.25) is 5.91 Å². The van der Waals surface area contributed by atoms with Crippen molar-refractivity contribution >= 4 is 23.4 Å². The van der Waals surface area contributed by atoms with Gasteiger partial charge in [0, 0.05) is 12.2 Å². The van der Waals surface area contributed by atoms with Crippen LogP contribution in [0.2, 0.25) is 0 Å². The van der Waals surface area contributed by atoms with E-state index in [9.17, 15) is 14.4 Å². The molecule has 0 aliphatic rings. The second-order valence-corrected chi connectivity index (χ2v) is 5.53. The van der Waals surface area contributed by atoms with Gasteiger partial charge in [-0.2, -0.15) is 0 Å². The van der Waals surface area contributed by atoms with Crippen molar-refractivity contribution in [3.05, 3.63) is 72.8 Å². The Morgan fingerprint density at radius 3 is 2.26 bits per heavy atom. The molecule has 0 atom stereocenters. The predicted molar refractivity (Wildman–Crippen MR) is 102 cm³/mol. The Hall–Kier alpha value is -3.61. The molecule has 0 aliphatic heterocycles. The van der Waals surface area contributed by atoms with Gasteiger partial charge in [0.25, 0.3) is 0 Å². The topological polar surface area (TPSA) is 96.5 Å². The van der Waals surface area contributed by atoms with Gasteiger partial charge >= 0.3 is 11.8 Å². The largest absolute Gasteiger partial charge is 0.489 e. The third-order valence-corrected chi connectivity index (χ3v) is 3.41. The van der Waals surface area contributed by atoms with E-state index in [-0.39, 0.29) is 13.1 Å². The normalized spacial score (nSPS) is 9.78. The molecule has 7 nitrogen and oxygen atoms in total. The van der Waals surface area contributed by atoms with E-state index in [2.05, 4.69) is 22.5 Å². The number of ether oxygens (including phenoxy) is 1. The number of anilines is 1. The molecule has 0 unspecified atom stereocenters. The van der Waals surface area contributed by atoms with Crippen molar-refractivity contribution in [2.24, 2.45) is 0 Å². The molecule has 2 aromatic rings. The van der Waals surface area contributed by atoms with Gasteiger partial charge in [-0.15, -0.1) is 6.58 Å². The molecule has 3 N–H and O–H groups in total. The minimum absolute atomic E-state index is 0.178. The SMILES string of the molecule is C=CCNC(=O)C(=O)NCC(=O)Nc1ccc(OCc2ccccc2)cc1. The molecule has 0 saturated carbocycles. The first-order chi connectivity index (χ1) is 13.1. The Morgan fingerprint density at radius 2 is 1.59 bits per heavy atom. The number of benzene rings is 2. The molecule has 7 heteroatoms. The van der Waals surface area contributed by atoms with Crippen molar-refractivity contribution in [2.75, 3.05) is 18.4 Å². The van der Waals surface area contributed by atoms with Crippen molar-refractivity contribution in [1.82, 2.24) is 10.6 Å². The average Bonchev–Trinajstić information content (AvgIpc) is 2.70. The first-order valence-electron chi connectivity index (χ1n) is 8.32. The van der Waals surface area contributed by atoms with Gasteiger partial charge in [0.15, 0.2) is 0 Å². The summed E-state index contributed by atoms with van der Waals surface area (Å²) < 4.78 is 5.67. The van der Waals surface area contributed by atoms with Crippen LogP contribution in [0.3, 0.4) is 0 Å². The zero-order chi connectivity index (χ0) is 19.5. The molecule has 0 bridgehead atoms. The summed E-state index contributed by atoms with van der Waals surface area (Å²) in [5.41, 5.74) is 1.61. The molecule has 0 aromatic heterocycles. The van der Waals surface area contributed by atoms with Crippen molar-refractivity contribution in [2.45, 2.75) is 6.61 Å². The Morgan fingerprint density at radius 1 is 0.926 bits per heavy atom. The monoisotopic (exact) mass is 367 g/mol. The Labute approximate surface area is 157 Å². The van der Waals surface area contributed by atoms with Gasteiger partial charge in [0.05, 0.1) is 6.54 Å². The molecule has 140 valence electrons. The second kappa shape index (κ2) is 10.4. The Balaban J connectivity index is 1.75. The molecular weight excluding hydrogens is 346 g/mol. The van der Waals surface area contributed by atoms with E-state index in [1.165, 1.54) is 6.08 Å². The number of amides is 3. The van der Waals surface area contributed by atoms with Crippen LogP contribution in [0.25, 0.3) is 0 Å². The van der Waals surface area contributed by atoms with Gasteiger partial charge in [-0.05, 0) is 29.8 Å². The molecule has 0 aliphatic carbocycles. The molecular formula is C20H21N3O4. The van der Waals surface area contributed by atoms with E-state index in [0.29, 0.717) is 18.0 Å². The molecule has 3 amide bonds. The lowest BCUT2D eigenvalue weighted by Crippen LogP contribution is -2.42. The van der Waals surface area contributed by atoms with Crippen molar-refractivity contribution in [3.63, 3.8) is 0 Å². The fourth-order valence-corrected chi connectivity index (χ4v) is 2.07. The summed E-state index contributed by atoms with van der Waals surface area (Å²) in [6.07, 6.45) is 1.45. The van der Waals surface area contributed by atoms with Crippen LogP contribution >= 0.6 is 0 Å². The molecule has 0 radical (unpaired) electrons. The Kier molecular flexibility index (Phi) is 7.59. The van der Waals surface area contributed by atoms with Crippen LogP contribution in [0, 0.1) is 0 Å². The number of carbonyl (C=O) groups excluding carboxylic acids is 3. The quantitative estimate of drug-likeness (QED) is 0.488. The second-order valence-electron chi connectivity index (χ2n) is 5.53. The van der Waals surface area contributed by atoms with Crippen LogP contribution in [0.15, 0.2) is 67.3 Å². The highest BCUT2D eigenvalue weighted by Gasteiger charge is 2.13. The lowest BCUT2D eigenvalue weighted by atomic mass is 10.2. The first kappa shape index (κ1) is 19.7. The molecule has 0 spiro atoms. The maximum absolute atomic E-state index is 11.8. The predicted octanol–water partition coefficient (Wildman–Crippen LogP) is 1.62. The zero-order valence-electron chi connectivity index (χ0n) is 14.7.